The van der Waals surface area contributed by atoms with Gasteiger partial charge in [0, 0.05) is 6.08 Å². The van der Waals surface area contributed by atoms with Crippen molar-refractivity contribution in [3.63, 3.8) is 0 Å². The van der Waals surface area contributed by atoms with Gasteiger partial charge in [-0.25, -0.2) is 4.79 Å². The Labute approximate surface area is 145 Å². The van der Waals surface area contributed by atoms with Crippen LogP contribution >= 0.6 is 11.6 Å². The Kier molecular flexibility index (Phi) is 6.21. The van der Waals surface area contributed by atoms with Crippen LogP contribution in [0.5, 0.6) is 0 Å². The number of ether oxygens (including phenoxy) is 1. The highest BCUT2D eigenvalue weighted by atomic mass is 35.5. The fourth-order valence-electron chi connectivity index (χ4n) is 1.82. The van der Waals surface area contributed by atoms with Crippen LogP contribution in [0.4, 0.5) is 0 Å². The number of carbonyl (C=O) groups is 2. The number of hydrogen-bond donors (Lipinski definition) is 1. The molecule has 2 rings (SSSR count). The topological polar surface area (TPSA) is 68.5 Å². The summed E-state index contributed by atoms with van der Waals surface area (Å²) in [5.41, 5.74) is 0.247. The first-order valence-corrected chi connectivity index (χ1v) is 7.83. The normalized spacial score (nSPS) is 11.4. The molecular weight excluding hydrogens is 330 g/mol. The Morgan fingerprint density at radius 3 is 2.62 bits per heavy atom. The SMILES string of the molecule is CC(C)COC(=O)/C(=C\c1ccco1)NC(=O)c1ccccc1Cl. The van der Waals surface area contributed by atoms with E-state index in [9.17, 15) is 9.59 Å². The highest BCUT2D eigenvalue weighted by Gasteiger charge is 2.18. The minimum Gasteiger partial charge on any atom is -0.465 e. The molecule has 1 aromatic carbocycles. The van der Waals surface area contributed by atoms with E-state index in [0.29, 0.717) is 10.8 Å². The van der Waals surface area contributed by atoms with Crippen molar-refractivity contribution in [3.8, 4) is 0 Å². The van der Waals surface area contributed by atoms with Crippen molar-refractivity contribution >= 4 is 29.6 Å². The lowest BCUT2D eigenvalue weighted by Gasteiger charge is -2.12. The number of halogens is 1. The molecule has 0 atom stereocenters. The Morgan fingerprint density at radius 1 is 1.25 bits per heavy atom. The van der Waals surface area contributed by atoms with Crippen molar-refractivity contribution in [1.29, 1.82) is 0 Å². The van der Waals surface area contributed by atoms with Gasteiger partial charge in [0.1, 0.15) is 11.5 Å². The van der Waals surface area contributed by atoms with Gasteiger partial charge in [-0.15, -0.1) is 0 Å². The van der Waals surface area contributed by atoms with Gasteiger partial charge in [0.25, 0.3) is 5.91 Å². The van der Waals surface area contributed by atoms with Gasteiger partial charge in [0.15, 0.2) is 0 Å². The maximum absolute atomic E-state index is 12.4. The van der Waals surface area contributed by atoms with Crippen molar-refractivity contribution in [2.24, 2.45) is 5.92 Å². The predicted octanol–water partition coefficient (Wildman–Crippen LogP) is 3.90. The van der Waals surface area contributed by atoms with Crippen LogP contribution < -0.4 is 5.32 Å². The lowest BCUT2D eigenvalue weighted by Crippen LogP contribution is -2.29. The molecule has 24 heavy (non-hydrogen) atoms. The summed E-state index contributed by atoms with van der Waals surface area (Å²) < 4.78 is 10.4. The van der Waals surface area contributed by atoms with Crippen LogP contribution in [0.15, 0.2) is 52.8 Å². The van der Waals surface area contributed by atoms with E-state index in [0.717, 1.165) is 0 Å². The second-order valence-electron chi connectivity index (χ2n) is 5.50. The minimum absolute atomic E-state index is 0.0180. The second kappa shape index (κ2) is 8.36. The Balaban J connectivity index is 2.21. The number of amides is 1. The van der Waals surface area contributed by atoms with Gasteiger partial charge in [-0.1, -0.05) is 37.6 Å². The zero-order valence-corrected chi connectivity index (χ0v) is 14.2. The first kappa shape index (κ1) is 17.8. The molecule has 0 spiro atoms. The molecule has 0 unspecified atom stereocenters. The molecule has 0 saturated heterocycles. The molecule has 1 amide bonds. The molecule has 0 saturated carbocycles. The van der Waals surface area contributed by atoms with Crippen LogP contribution in [0.2, 0.25) is 5.02 Å². The fraction of sp³-hybridized carbons (Fsp3) is 0.222. The average Bonchev–Trinajstić information content (AvgIpc) is 3.05. The van der Waals surface area contributed by atoms with Crippen molar-refractivity contribution in [3.05, 3.63) is 64.7 Å². The van der Waals surface area contributed by atoms with Gasteiger partial charge in [0.2, 0.25) is 0 Å². The minimum atomic E-state index is -0.638. The molecule has 0 aliphatic carbocycles. The van der Waals surface area contributed by atoms with Crippen LogP contribution in [0.3, 0.4) is 0 Å². The lowest BCUT2D eigenvalue weighted by atomic mass is 10.2. The first-order valence-electron chi connectivity index (χ1n) is 7.45. The molecule has 6 heteroatoms. The molecule has 0 aliphatic heterocycles. The Hall–Kier alpha value is -2.53. The second-order valence-corrected chi connectivity index (χ2v) is 5.91. The van der Waals surface area contributed by atoms with Gasteiger partial charge >= 0.3 is 5.97 Å². The van der Waals surface area contributed by atoms with Gasteiger partial charge in [-0.3, -0.25) is 4.79 Å². The molecule has 1 N–H and O–H groups in total. The molecule has 0 bridgehead atoms. The fourth-order valence-corrected chi connectivity index (χ4v) is 2.04. The standard InChI is InChI=1S/C18H18ClNO4/c1-12(2)11-24-18(22)16(10-13-6-5-9-23-13)20-17(21)14-7-3-4-8-15(14)19/h3-10,12H,11H2,1-2H3,(H,20,21)/b16-10+. The van der Waals surface area contributed by atoms with Crippen molar-refractivity contribution in [2.45, 2.75) is 13.8 Å². The molecule has 0 aliphatic rings. The van der Waals surface area contributed by atoms with Crippen LogP contribution in [0, 0.1) is 5.92 Å². The van der Waals surface area contributed by atoms with Gasteiger partial charge in [-0.2, -0.15) is 0 Å². The number of nitrogens with one attached hydrogen (secondary N) is 1. The van der Waals surface area contributed by atoms with Gasteiger partial charge in [-0.05, 0) is 30.2 Å². The van der Waals surface area contributed by atoms with Crippen LogP contribution in [0.25, 0.3) is 6.08 Å². The van der Waals surface area contributed by atoms with E-state index < -0.39 is 11.9 Å². The smallest absolute Gasteiger partial charge is 0.354 e. The number of carbonyl (C=O) groups excluding carboxylic acids is 2. The van der Waals surface area contributed by atoms with Crippen LogP contribution in [0.1, 0.15) is 30.0 Å². The summed E-state index contributed by atoms with van der Waals surface area (Å²) in [4.78, 5) is 24.6. The summed E-state index contributed by atoms with van der Waals surface area (Å²) in [6, 6.07) is 9.92. The Morgan fingerprint density at radius 2 is 2.00 bits per heavy atom. The quantitative estimate of drug-likeness (QED) is 0.635. The molecular formula is C18H18ClNO4. The third kappa shape index (κ3) is 4.99. The largest absolute Gasteiger partial charge is 0.465 e. The van der Waals surface area contributed by atoms with E-state index in [1.54, 1.807) is 36.4 Å². The number of benzene rings is 1. The molecule has 1 aromatic heterocycles. The first-order chi connectivity index (χ1) is 11.5. The third-order valence-electron chi connectivity index (χ3n) is 2.96. The monoisotopic (exact) mass is 347 g/mol. The maximum atomic E-state index is 12.4. The predicted molar refractivity (Wildman–Crippen MR) is 91.4 cm³/mol. The number of furan rings is 1. The van der Waals surface area contributed by atoms with Crippen molar-refractivity contribution in [1.82, 2.24) is 5.32 Å². The van der Waals surface area contributed by atoms with Crippen LogP contribution in [-0.4, -0.2) is 18.5 Å². The summed E-state index contributed by atoms with van der Waals surface area (Å²) in [6.45, 7) is 4.09. The number of hydrogen-bond acceptors (Lipinski definition) is 4. The maximum Gasteiger partial charge on any atom is 0.354 e. The van der Waals surface area contributed by atoms with E-state index >= 15 is 0 Å². The van der Waals surface area contributed by atoms with Gasteiger partial charge < -0.3 is 14.5 Å². The highest BCUT2D eigenvalue weighted by Crippen LogP contribution is 2.16. The zero-order chi connectivity index (χ0) is 17.5. The lowest BCUT2D eigenvalue weighted by molar-refractivity contribution is -0.140. The summed E-state index contributed by atoms with van der Waals surface area (Å²) >= 11 is 6.01. The van der Waals surface area contributed by atoms with Crippen LogP contribution in [-0.2, 0) is 9.53 Å². The summed E-state index contributed by atoms with van der Waals surface area (Å²) in [5.74, 6) is -0.538. The summed E-state index contributed by atoms with van der Waals surface area (Å²) in [5, 5.41) is 2.83. The van der Waals surface area contributed by atoms with Gasteiger partial charge in [0.05, 0.1) is 23.5 Å². The molecule has 0 radical (unpaired) electrons. The van der Waals surface area contributed by atoms with Crippen molar-refractivity contribution in [2.75, 3.05) is 6.61 Å². The average molecular weight is 348 g/mol. The van der Waals surface area contributed by atoms with E-state index in [1.807, 2.05) is 13.8 Å². The number of rotatable bonds is 6. The van der Waals surface area contributed by atoms with E-state index in [2.05, 4.69) is 5.32 Å². The molecule has 2 aromatic rings. The molecule has 0 fully saturated rings. The summed E-state index contributed by atoms with van der Waals surface area (Å²) in [6.07, 6.45) is 2.89. The highest BCUT2D eigenvalue weighted by molar-refractivity contribution is 6.34. The van der Waals surface area contributed by atoms with E-state index in [1.165, 1.54) is 12.3 Å². The molecule has 126 valence electrons. The van der Waals surface area contributed by atoms with Crippen molar-refractivity contribution < 1.29 is 18.7 Å². The zero-order valence-electron chi connectivity index (χ0n) is 13.4. The molecule has 1 heterocycles. The van der Waals surface area contributed by atoms with E-state index in [4.69, 9.17) is 20.8 Å². The van der Waals surface area contributed by atoms with E-state index in [-0.39, 0.29) is 23.8 Å². The number of esters is 1. The Bertz CT molecular complexity index is 735. The third-order valence-corrected chi connectivity index (χ3v) is 3.29. The summed E-state index contributed by atoms with van der Waals surface area (Å²) in [7, 11) is 0. The molecule has 5 nitrogen and oxygen atoms in total.